The van der Waals surface area contributed by atoms with Crippen molar-refractivity contribution in [2.24, 2.45) is 0 Å². The molecule has 0 aliphatic rings. The molecule has 0 fully saturated rings. The SMILES string of the molecule is Nc1nnc(Br)c(-c2ccccc2)n1. The first kappa shape index (κ1) is 9.08. The number of halogens is 1. The van der Waals surface area contributed by atoms with Gasteiger partial charge in [-0.3, -0.25) is 0 Å². The van der Waals surface area contributed by atoms with Crippen LogP contribution in [0.15, 0.2) is 34.9 Å². The Bertz CT molecular complexity index is 444. The van der Waals surface area contributed by atoms with Crippen LogP contribution in [0, 0.1) is 0 Å². The van der Waals surface area contributed by atoms with Gasteiger partial charge in [0.15, 0.2) is 4.60 Å². The van der Waals surface area contributed by atoms with Crippen molar-refractivity contribution in [3.8, 4) is 11.3 Å². The summed E-state index contributed by atoms with van der Waals surface area (Å²) in [5.74, 6) is 0.173. The second-order valence-electron chi connectivity index (χ2n) is 2.68. The second-order valence-corrected chi connectivity index (χ2v) is 3.43. The number of hydrogen-bond acceptors (Lipinski definition) is 4. The molecule has 0 bridgehead atoms. The van der Waals surface area contributed by atoms with Crippen molar-refractivity contribution in [1.82, 2.24) is 15.2 Å². The minimum atomic E-state index is 0.173. The zero-order valence-electron chi connectivity index (χ0n) is 7.18. The molecule has 0 aliphatic heterocycles. The van der Waals surface area contributed by atoms with Crippen LogP contribution in [0.25, 0.3) is 11.3 Å². The first-order chi connectivity index (χ1) is 6.77. The highest BCUT2D eigenvalue weighted by Gasteiger charge is 2.06. The lowest BCUT2D eigenvalue weighted by Crippen LogP contribution is -1.99. The Kier molecular flexibility index (Phi) is 2.41. The highest BCUT2D eigenvalue weighted by Crippen LogP contribution is 2.23. The van der Waals surface area contributed by atoms with E-state index in [1.165, 1.54) is 0 Å². The van der Waals surface area contributed by atoms with E-state index in [4.69, 9.17) is 5.73 Å². The van der Waals surface area contributed by atoms with E-state index in [1.54, 1.807) is 0 Å². The fraction of sp³-hybridized carbons (Fsp3) is 0. The Hall–Kier alpha value is -1.49. The summed E-state index contributed by atoms with van der Waals surface area (Å²) in [6.45, 7) is 0. The summed E-state index contributed by atoms with van der Waals surface area (Å²) in [6.07, 6.45) is 0. The van der Waals surface area contributed by atoms with Crippen molar-refractivity contribution in [2.45, 2.75) is 0 Å². The summed E-state index contributed by atoms with van der Waals surface area (Å²) in [4.78, 5) is 4.10. The monoisotopic (exact) mass is 250 g/mol. The summed E-state index contributed by atoms with van der Waals surface area (Å²) < 4.78 is 0.595. The summed E-state index contributed by atoms with van der Waals surface area (Å²) in [6, 6.07) is 9.68. The molecule has 5 heteroatoms. The standard InChI is InChI=1S/C9H7BrN4/c10-8-7(12-9(11)14-13-8)6-4-2-1-3-5-6/h1-5H,(H2,11,12,14). The molecule has 0 atom stereocenters. The van der Waals surface area contributed by atoms with Crippen molar-refractivity contribution in [3.05, 3.63) is 34.9 Å². The molecule has 14 heavy (non-hydrogen) atoms. The quantitative estimate of drug-likeness (QED) is 0.840. The van der Waals surface area contributed by atoms with Gasteiger partial charge in [-0.2, -0.15) is 0 Å². The number of benzene rings is 1. The topological polar surface area (TPSA) is 64.7 Å². The molecule has 2 rings (SSSR count). The zero-order chi connectivity index (χ0) is 9.97. The molecule has 0 saturated heterocycles. The molecule has 1 aromatic heterocycles. The molecule has 0 saturated carbocycles. The molecule has 0 amide bonds. The Morgan fingerprint density at radius 2 is 1.79 bits per heavy atom. The summed E-state index contributed by atoms with van der Waals surface area (Å²) in [5.41, 5.74) is 7.13. The maximum Gasteiger partial charge on any atom is 0.240 e. The number of anilines is 1. The lowest BCUT2D eigenvalue weighted by Gasteiger charge is -2.01. The maximum absolute atomic E-state index is 5.46. The number of rotatable bonds is 1. The fourth-order valence-electron chi connectivity index (χ4n) is 1.11. The molecule has 1 aromatic carbocycles. The summed E-state index contributed by atoms with van der Waals surface area (Å²) >= 11 is 3.28. The number of nitrogens with zero attached hydrogens (tertiary/aromatic N) is 3. The molecular formula is C9H7BrN4. The van der Waals surface area contributed by atoms with Crippen LogP contribution in [0.2, 0.25) is 0 Å². The van der Waals surface area contributed by atoms with Gasteiger partial charge < -0.3 is 5.73 Å². The average Bonchev–Trinajstić information content (AvgIpc) is 2.23. The zero-order valence-corrected chi connectivity index (χ0v) is 8.77. The lowest BCUT2D eigenvalue weighted by molar-refractivity contribution is 0.966. The molecular weight excluding hydrogens is 244 g/mol. The second kappa shape index (κ2) is 3.71. The molecule has 0 aliphatic carbocycles. The van der Waals surface area contributed by atoms with Gasteiger partial charge in [0.1, 0.15) is 5.69 Å². The summed E-state index contributed by atoms with van der Waals surface area (Å²) in [5, 5.41) is 7.47. The molecule has 0 spiro atoms. The number of nitrogen functional groups attached to an aromatic ring is 1. The van der Waals surface area contributed by atoms with Crippen LogP contribution in [0.3, 0.4) is 0 Å². The van der Waals surface area contributed by atoms with Gasteiger partial charge in [-0.25, -0.2) is 4.98 Å². The fourth-order valence-corrected chi connectivity index (χ4v) is 1.50. The van der Waals surface area contributed by atoms with Crippen molar-refractivity contribution < 1.29 is 0 Å². The third-order valence-electron chi connectivity index (χ3n) is 1.71. The number of hydrogen-bond donors (Lipinski definition) is 1. The van der Waals surface area contributed by atoms with E-state index in [0.717, 1.165) is 5.56 Å². The van der Waals surface area contributed by atoms with Gasteiger partial charge in [0.25, 0.3) is 0 Å². The average molecular weight is 251 g/mol. The smallest absolute Gasteiger partial charge is 0.240 e. The molecule has 4 nitrogen and oxygen atoms in total. The van der Waals surface area contributed by atoms with E-state index in [1.807, 2.05) is 30.3 Å². The van der Waals surface area contributed by atoms with Gasteiger partial charge >= 0.3 is 0 Å². The predicted molar refractivity (Wildman–Crippen MR) is 57.4 cm³/mol. The van der Waals surface area contributed by atoms with E-state index < -0.39 is 0 Å². The van der Waals surface area contributed by atoms with Gasteiger partial charge in [-0.1, -0.05) is 30.3 Å². The third-order valence-corrected chi connectivity index (χ3v) is 2.24. The normalized spacial score (nSPS) is 10.1. The van der Waals surface area contributed by atoms with E-state index in [0.29, 0.717) is 10.3 Å². The van der Waals surface area contributed by atoms with Crippen molar-refractivity contribution >= 4 is 21.9 Å². The van der Waals surface area contributed by atoms with E-state index in [-0.39, 0.29) is 5.95 Å². The van der Waals surface area contributed by atoms with Crippen LogP contribution in [0.1, 0.15) is 0 Å². The van der Waals surface area contributed by atoms with Crippen molar-refractivity contribution in [2.75, 3.05) is 5.73 Å². The van der Waals surface area contributed by atoms with Gasteiger partial charge in [0.05, 0.1) is 0 Å². The first-order valence-electron chi connectivity index (χ1n) is 3.98. The van der Waals surface area contributed by atoms with Crippen LogP contribution in [0.4, 0.5) is 5.95 Å². The number of nitrogens with two attached hydrogens (primary N) is 1. The van der Waals surface area contributed by atoms with Crippen LogP contribution < -0.4 is 5.73 Å². The maximum atomic E-state index is 5.46. The first-order valence-corrected chi connectivity index (χ1v) is 4.78. The number of aromatic nitrogens is 3. The Labute approximate surface area is 89.3 Å². The van der Waals surface area contributed by atoms with Gasteiger partial charge in [0, 0.05) is 5.56 Å². The Balaban J connectivity index is 2.57. The Morgan fingerprint density at radius 3 is 2.50 bits per heavy atom. The van der Waals surface area contributed by atoms with Crippen LogP contribution >= 0.6 is 15.9 Å². The van der Waals surface area contributed by atoms with Gasteiger partial charge in [0.2, 0.25) is 5.95 Å². The largest absolute Gasteiger partial charge is 0.366 e. The highest BCUT2D eigenvalue weighted by molar-refractivity contribution is 9.10. The van der Waals surface area contributed by atoms with E-state index in [9.17, 15) is 0 Å². The van der Waals surface area contributed by atoms with Gasteiger partial charge in [-0.15, -0.1) is 10.2 Å². The molecule has 70 valence electrons. The molecule has 2 N–H and O–H groups in total. The van der Waals surface area contributed by atoms with E-state index in [2.05, 4.69) is 31.1 Å². The molecule has 0 radical (unpaired) electrons. The molecule has 2 aromatic rings. The minimum absolute atomic E-state index is 0.173. The lowest BCUT2D eigenvalue weighted by atomic mass is 10.2. The third kappa shape index (κ3) is 1.72. The van der Waals surface area contributed by atoms with E-state index >= 15 is 0 Å². The van der Waals surface area contributed by atoms with Crippen LogP contribution in [-0.2, 0) is 0 Å². The molecule has 0 unspecified atom stereocenters. The highest BCUT2D eigenvalue weighted by atomic mass is 79.9. The van der Waals surface area contributed by atoms with Crippen molar-refractivity contribution in [1.29, 1.82) is 0 Å². The van der Waals surface area contributed by atoms with Crippen LogP contribution in [-0.4, -0.2) is 15.2 Å². The molecule has 1 heterocycles. The van der Waals surface area contributed by atoms with Gasteiger partial charge in [-0.05, 0) is 15.9 Å². The minimum Gasteiger partial charge on any atom is -0.366 e. The van der Waals surface area contributed by atoms with Crippen molar-refractivity contribution in [3.63, 3.8) is 0 Å². The van der Waals surface area contributed by atoms with Crippen LogP contribution in [0.5, 0.6) is 0 Å². The summed E-state index contributed by atoms with van der Waals surface area (Å²) in [7, 11) is 0. The predicted octanol–water partition coefficient (Wildman–Crippen LogP) is 1.88. The Morgan fingerprint density at radius 1 is 1.07 bits per heavy atom.